The van der Waals surface area contributed by atoms with Crippen molar-refractivity contribution in [3.05, 3.63) is 66.3 Å². The molecule has 0 fully saturated rings. The van der Waals surface area contributed by atoms with Crippen molar-refractivity contribution in [1.29, 1.82) is 0 Å². The highest BCUT2D eigenvalue weighted by molar-refractivity contribution is 5.90. The van der Waals surface area contributed by atoms with Gasteiger partial charge >= 0.3 is 5.97 Å². The number of carbonyl (C=O) groups is 1. The van der Waals surface area contributed by atoms with Crippen LogP contribution in [0.3, 0.4) is 0 Å². The van der Waals surface area contributed by atoms with E-state index in [0.29, 0.717) is 43.7 Å². The van der Waals surface area contributed by atoms with Crippen LogP contribution in [0.5, 0.6) is 11.8 Å². The second-order valence-electron chi connectivity index (χ2n) is 13.6. The Morgan fingerprint density at radius 1 is 0.549 bits per heavy atom. The lowest BCUT2D eigenvalue weighted by atomic mass is 10.1. The van der Waals surface area contributed by atoms with Crippen LogP contribution in [0, 0.1) is 0 Å². The van der Waals surface area contributed by atoms with Crippen LogP contribution >= 0.6 is 0 Å². The molecule has 1 aromatic heterocycles. The lowest BCUT2D eigenvalue weighted by Crippen LogP contribution is -2.17. The lowest BCUT2D eigenvalue weighted by Gasteiger charge is -2.11. The number of aromatic nitrogens is 1. The number of esters is 1. The fourth-order valence-corrected chi connectivity index (χ4v) is 5.61. The Balaban J connectivity index is 2.26. The molecule has 0 spiro atoms. The van der Waals surface area contributed by atoms with Crippen molar-refractivity contribution in [2.45, 2.75) is 168 Å². The topological polar surface area (TPSA) is 69.7 Å². The van der Waals surface area contributed by atoms with Gasteiger partial charge < -0.3 is 19.5 Å². The average Bonchev–Trinajstić information content (AvgIpc) is 3.14. The zero-order chi connectivity index (χ0) is 36.7. The van der Waals surface area contributed by atoms with E-state index in [0.717, 1.165) is 38.5 Å². The van der Waals surface area contributed by atoms with Crippen LogP contribution in [0.4, 0.5) is 0 Å². The highest BCUT2D eigenvalue weighted by atomic mass is 16.5. The van der Waals surface area contributed by atoms with Gasteiger partial charge in [0.25, 0.3) is 0 Å². The number of likely N-dealkylation sites (N-methyl/N-ethyl adjacent to an activating group) is 1. The van der Waals surface area contributed by atoms with Crippen molar-refractivity contribution in [3.8, 4) is 11.8 Å². The van der Waals surface area contributed by atoms with E-state index in [-0.39, 0.29) is 5.97 Å². The number of unbranched alkanes of at least 4 members (excludes halogenated alkanes) is 18. The monoisotopic (exact) mass is 709 g/mol. The number of nitrogens with zero attached hydrogens (tertiary/aromatic N) is 1. The number of ether oxygens (including phenoxy) is 3. The molecular formula is C45H76N2O4. The molecule has 0 saturated carbocycles. The van der Waals surface area contributed by atoms with E-state index in [1.807, 2.05) is 7.05 Å². The summed E-state index contributed by atoms with van der Waals surface area (Å²) < 4.78 is 17.4. The molecule has 0 aromatic carbocycles. The third-order valence-corrected chi connectivity index (χ3v) is 8.79. The molecule has 290 valence electrons. The first-order chi connectivity index (χ1) is 25.2. The molecule has 6 nitrogen and oxygen atoms in total. The minimum Gasteiger partial charge on any atom is -0.478 e. The third kappa shape index (κ3) is 30.5. The maximum Gasteiger partial charge on any atom is 0.338 e. The van der Waals surface area contributed by atoms with Gasteiger partial charge in [-0.2, -0.15) is 4.98 Å². The second-order valence-corrected chi connectivity index (χ2v) is 13.6. The Morgan fingerprint density at radius 3 is 1.35 bits per heavy atom. The maximum absolute atomic E-state index is 12.7. The van der Waals surface area contributed by atoms with E-state index in [1.54, 1.807) is 12.1 Å². The van der Waals surface area contributed by atoms with E-state index in [4.69, 9.17) is 14.2 Å². The molecule has 0 unspecified atom stereocenters. The van der Waals surface area contributed by atoms with E-state index >= 15 is 0 Å². The summed E-state index contributed by atoms with van der Waals surface area (Å²) in [5, 5.41) is 3.00. The Kier molecular flexibility index (Phi) is 33.4. The Hall–Kier alpha value is -2.86. The van der Waals surface area contributed by atoms with E-state index in [9.17, 15) is 4.79 Å². The fourth-order valence-electron chi connectivity index (χ4n) is 5.61. The number of nitrogens with one attached hydrogen (secondary N) is 1. The summed E-state index contributed by atoms with van der Waals surface area (Å²) in [4.78, 5) is 17.2. The van der Waals surface area contributed by atoms with Gasteiger partial charge in [-0.05, 0) is 84.1 Å². The molecule has 6 heteroatoms. The molecular weight excluding hydrogens is 633 g/mol. The normalized spacial score (nSPS) is 11.9. The lowest BCUT2D eigenvalue weighted by molar-refractivity contribution is 0.0509. The summed E-state index contributed by atoms with van der Waals surface area (Å²) in [6.45, 7) is 6.56. The molecule has 0 aliphatic rings. The molecule has 51 heavy (non-hydrogen) atoms. The summed E-state index contributed by atoms with van der Waals surface area (Å²) in [5.74, 6) is 0.463. The van der Waals surface area contributed by atoms with E-state index in [2.05, 4.69) is 72.8 Å². The van der Waals surface area contributed by atoms with Gasteiger partial charge in [0.1, 0.15) is 6.61 Å². The summed E-state index contributed by atoms with van der Waals surface area (Å²) in [6, 6.07) is 3.34. The van der Waals surface area contributed by atoms with Gasteiger partial charge in [0.2, 0.25) is 11.8 Å². The van der Waals surface area contributed by atoms with E-state index < -0.39 is 0 Å². The standard InChI is InChI=1S/C45H76N2O4/c1-4-6-8-10-12-14-16-18-20-22-24-26-28-30-32-34-37-49-43-40-42(45(48)51-39-36-46-3)41-44(47-43)50-38-35-33-31-29-27-25-23-21-19-17-15-13-11-9-7-5-2/h12-15,18-21,40-41,46H,4-11,16-17,22-39H2,1-3H3/b14-12-,15-13-,20-18-,21-19-. The van der Waals surface area contributed by atoms with Crippen molar-refractivity contribution < 1.29 is 19.0 Å². The van der Waals surface area contributed by atoms with Crippen LogP contribution in [-0.2, 0) is 4.74 Å². The predicted molar refractivity (Wildman–Crippen MR) is 218 cm³/mol. The first-order valence-corrected chi connectivity index (χ1v) is 20.9. The van der Waals surface area contributed by atoms with Gasteiger partial charge in [-0.25, -0.2) is 4.79 Å². The van der Waals surface area contributed by atoms with Crippen LogP contribution in [0.15, 0.2) is 60.7 Å². The smallest absolute Gasteiger partial charge is 0.338 e. The minimum atomic E-state index is -0.384. The summed E-state index contributed by atoms with van der Waals surface area (Å²) in [5.41, 5.74) is 0.417. The minimum absolute atomic E-state index is 0.309. The van der Waals surface area contributed by atoms with Crippen molar-refractivity contribution >= 4 is 5.97 Å². The van der Waals surface area contributed by atoms with Gasteiger partial charge in [0.15, 0.2) is 0 Å². The van der Waals surface area contributed by atoms with Gasteiger partial charge in [-0.15, -0.1) is 0 Å². The number of hydrogen-bond acceptors (Lipinski definition) is 6. The Bertz CT molecular complexity index is 980. The summed E-state index contributed by atoms with van der Waals surface area (Å²) in [6.07, 6.45) is 47.4. The summed E-state index contributed by atoms with van der Waals surface area (Å²) in [7, 11) is 1.83. The molecule has 0 bridgehead atoms. The fraction of sp³-hybridized carbons (Fsp3) is 0.689. The maximum atomic E-state index is 12.7. The molecule has 0 radical (unpaired) electrons. The van der Waals surface area contributed by atoms with Crippen molar-refractivity contribution in [1.82, 2.24) is 10.3 Å². The molecule has 0 aliphatic heterocycles. The van der Waals surface area contributed by atoms with Crippen molar-refractivity contribution in [2.24, 2.45) is 0 Å². The van der Waals surface area contributed by atoms with Gasteiger partial charge in [-0.3, -0.25) is 0 Å². The predicted octanol–water partition coefficient (Wildman–Crippen LogP) is 12.8. The first kappa shape index (κ1) is 46.2. The molecule has 0 amide bonds. The number of hydrogen-bond donors (Lipinski definition) is 1. The largest absolute Gasteiger partial charge is 0.478 e. The Labute approximate surface area is 314 Å². The van der Waals surface area contributed by atoms with Gasteiger partial charge in [-0.1, -0.05) is 140 Å². The zero-order valence-electron chi connectivity index (χ0n) is 33.2. The van der Waals surface area contributed by atoms with Crippen molar-refractivity contribution in [2.75, 3.05) is 33.4 Å². The van der Waals surface area contributed by atoms with Crippen LogP contribution in [0.25, 0.3) is 0 Å². The average molecular weight is 709 g/mol. The van der Waals surface area contributed by atoms with Crippen LogP contribution in [-0.4, -0.2) is 44.4 Å². The molecule has 1 N–H and O–H groups in total. The zero-order valence-corrected chi connectivity index (χ0v) is 33.2. The highest BCUT2D eigenvalue weighted by Crippen LogP contribution is 2.20. The molecule has 1 heterocycles. The molecule has 0 aliphatic carbocycles. The number of pyridine rings is 1. The molecule has 0 atom stereocenters. The van der Waals surface area contributed by atoms with E-state index in [1.165, 1.54) is 116 Å². The molecule has 1 aromatic rings. The number of allylic oxidation sites excluding steroid dienone is 8. The Morgan fingerprint density at radius 2 is 0.941 bits per heavy atom. The molecule has 1 rings (SSSR count). The number of rotatable bonds is 36. The van der Waals surface area contributed by atoms with Gasteiger partial charge in [0, 0.05) is 18.7 Å². The van der Waals surface area contributed by atoms with Crippen LogP contribution in [0.2, 0.25) is 0 Å². The highest BCUT2D eigenvalue weighted by Gasteiger charge is 2.13. The first-order valence-electron chi connectivity index (χ1n) is 20.9. The molecule has 0 saturated heterocycles. The van der Waals surface area contributed by atoms with Crippen molar-refractivity contribution in [3.63, 3.8) is 0 Å². The van der Waals surface area contributed by atoms with Crippen LogP contribution in [0.1, 0.15) is 178 Å². The van der Waals surface area contributed by atoms with Gasteiger partial charge in [0.05, 0.1) is 18.8 Å². The SMILES string of the molecule is CCCCC/C=C\C/C=C\CCCCCCCCOc1cc(C(=O)OCCNC)cc(OCCCCCCCC/C=C\C/C=C\CCCCC)n1. The van der Waals surface area contributed by atoms with Crippen LogP contribution < -0.4 is 14.8 Å². The quantitative estimate of drug-likeness (QED) is 0.0425. The second kappa shape index (κ2) is 36.9. The summed E-state index contributed by atoms with van der Waals surface area (Å²) >= 11 is 0. The third-order valence-electron chi connectivity index (χ3n) is 8.79. The number of carbonyl (C=O) groups excluding carboxylic acids is 1.